The van der Waals surface area contributed by atoms with Crippen LogP contribution in [0, 0.1) is 0 Å². The third-order valence-corrected chi connectivity index (χ3v) is 3.12. The molecule has 1 fully saturated rings. The summed E-state index contributed by atoms with van der Waals surface area (Å²) in [6.45, 7) is 5.61. The van der Waals surface area contributed by atoms with E-state index in [-0.39, 0.29) is 12.1 Å². The monoisotopic (exact) mass is 262 g/mol. The molecule has 1 aliphatic rings. The minimum absolute atomic E-state index is 0.204. The molecule has 1 amide bonds. The molecule has 1 aromatic carbocycles. The van der Waals surface area contributed by atoms with Crippen molar-refractivity contribution >= 4 is 11.8 Å². The first-order valence-corrected chi connectivity index (χ1v) is 6.66. The molecule has 2 unspecified atom stereocenters. The van der Waals surface area contributed by atoms with Gasteiger partial charge in [-0.15, -0.1) is 0 Å². The molecule has 104 valence electrons. The van der Waals surface area contributed by atoms with E-state index in [0.717, 1.165) is 12.1 Å². The first-order valence-electron chi connectivity index (χ1n) is 6.66. The van der Waals surface area contributed by atoms with Gasteiger partial charge < -0.3 is 15.4 Å². The van der Waals surface area contributed by atoms with Crippen LogP contribution in [0.1, 0.15) is 38.7 Å². The molecule has 0 bridgehead atoms. The summed E-state index contributed by atoms with van der Waals surface area (Å²) >= 11 is 0. The van der Waals surface area contributed by atoms with Crippen LogP contribution in [0.2, 0.25) is 0 Å². The zero-order chi connectivity index (χ0) is 14.0. The van der Waals surface area contributed by atoms with Gasteiger partial charge in [0.2, 0.25) is 0 Å². The summed E-state index contributed by atoms with van der Waals surface area (Å²) in [7, 11) is 1.90. The minimum Gasteiger partial charge on any atom is -0.444 e. The number of carbonyl (C=O) groups excluding carboxylic acids is 1. The summed E-state index contributed by atoms with van der Waals surface area (Å²) < 4.78 is 5.25. The van der Waals surface area contributed by atoms with E-state index < -0.39 is 5.60 Å². The minimum atomic E-state index is -0.442. The molecule has 19 heavy (non-hydrogen) atoms. The Balaban J connectivity index is 1.85. The maximum absolute atomic E-state index is 11.6. The third-order valence-electron chi connectivity index (χ3n) is 3.12. The molecule has 0 aliphatic heterocycles. The average molecular weight is 262 g/mol. The quantitative estimate of drug-likeness (QED) is 0.880. The van der Waals surface area contributed by atoms with Gasteiger partial charge in [0.05, 0.1) is 0 Å². The lowest BCUT2D eigenvalue weighted by atomic mass is 10.1. The molecule has 0 spiro atoms. The molecule has 4 heteroatoms. The normalized spacial score (nSPS) is 21.7. The summed E-state index contributed by atoms with van der Waals surface area (Å²) in [5.41, 5.74) is 1.92. The average Bonchev–Trinajstić information content (AvgIpc) is 3.06. The van der Waals surface area contributed by atoms with Gasteiger partial charge in [-0.2, -0.15) is 0 Å². The van der Waals surface area contributed by atoms with Crippen molar-refractivity contribution in [3.63, 3.8) is 0 Å². The Morgan fingerprint density at radius 2 is 1.89 bits per heavy atom. The van der Waals surface area contributed by atoms with Gasteiger partial charge in [0, 0.05) is 24.7 Å². The fourth-order valence-electron chi connectivity index (χ4n) is 2.08. The van der Waals surface area contributed by atoms with Crippen LogP contribution in [0.5, 0.6) is 0 Å². The van der Waals surface area contributed by atoms with Gasteiger partial charge in [-0.05, 0) is 44.9 Å². The molecule has 0 saturated heterocycles. The molecule has 4 nitrogen and oxygen atoms in total. The SMILES string of the molecule is CNc1ccc(C2CC2NC(=O)OC(C)(C)C)cc1. The molecule has 2 N–H and O–H groups in total. The Kier molecular flexibility index (Phi) is 3.69. The third kappa shape index (κ3) is 3.88. The first-order chi connectivity index (χ1) is 8.89. The van der Waals surface area contributed by atoms with Gasteiger partial charge in [-0.1, -0.05) is 12.1 Å². The standard InChI is InChI=1S/C15H22N2O2/c1-15(2,3)19-14(18)17-13-9-12(13)10-5-7-11(16-4)8-6-10/h5-8,12-13,16H,9H2,1-4H3,(H,17,18). The molecule has 0 aromatic heterocycles. The molecule has 0 heterocycles. The topological polar surface area (TPSA) is 50.4 Å². The zero-order valence-electron chi connectivity index (χ0n) is 12.0. The number of amides is 1. The molecular weight excluding hydrogens is 240 g/mol. The number of ether oxygens (including phenoxy) is 1. The highest BCUT2D eigenvalue weighted by Crippen LogP contribution is 2.41. The van der Waals surface area contributed by atoms with Gasteiger partial charge >= 0.3 is 6.09 Å². The van der Waals surface area contributed by atoms with Crippen molar-refractivity contribution in [2.75, 3.05) is 12.4 Å². The lowest BCUT2D eigenvalue weighted by molar-refractivity contribution is 0.0523. The van der Waals surface area contributed by atoms with E-state index in [9.17, 15) is 4.79 Å². The first kappa shape index (κ1) is 13.7. The highest BCUT2D eigenvalue weighted by molar-refractivity contribution is 5.69. The van der Waals surface area contributed by atoms with E-state index in [1.807, 2.05) is 27.8 Å². The van der Waals surface area contributed by atoms with Gasteiger partial charge in [-0.3, -0.25) is 0 Å². The van der Waals surface area contributed by atoms with Crippen LogP contribution < -0.4 is 10.6 Å². The fourth-order valence-corrected chi connectivity index (χ4v) is 2.08. The zero-order valence-corrected chi connectivity index (χ0v) is 12.0. The smallest absolute Gasteiger partial charge is 0.407 e. The lowest BCUT2D eigenvalue weighted by Gasteiger charge is -2.19. The Labute approximate surface area is 114 Å². The van der Waals surface area contributed by atoms with Crippen LogP contribution in [-0.4, -0.2) is 24.8 Å². The largest absolute Gasteiger partial charge is 0.444 e. The van der Waals surface area contributed by atoms with Crippen molar-refractivity contribution in [3.05, 3.63) is 29.8 Å². The second kappa shape index (κ2) is 5.11. The molecule has 0 radical (unpaired) electrons. The van der Waals surface area contributed by atoms with Crippen LogP contribution in [0.25, 0.3) is 0 Å². The predicted octanol–water partition coefficient (Wildman–Crippen LogP) is 3.11. The van der Waals surface area contributed by atoms with Crippen LogP contribution in [0.15, 0.2) is 24.3 Å². The Morgan fingerprint density at radius 1 is 1.26 bits per heavy atom. The lowest BCUT2D eigenvalue weighted by Crippen LogP contribution is -2.34. The summed E-state index contributed by atoms with van der Waals surface area (Å²) in [5, 5.41) is 6.00. The van der Waals surface area contributed by atoms with Crippen molar-refractivity contribution in [2.45, 2.75) is 44.8 Å². The fraction of sp³-hybridized carbons (Fsp3) is 0.533. The summed E-state index contributed by atoms with van der Waals surface area (Å²) in [6, 6.07) is 8.52. The van der Waals surface area contributed by atoms with Crippen molar-refractivity contribution in [2.24, 2.45) is 0 Å². The number of rotatable bonds is 3. The second-order valence-electron chi connectivity index (χ2n) is 5.97. The number of alkyl carbamates (subject to hydrolysis) is 1. The van der Waals surface area contributed by atoms with E-state index in [0.29, 0.717) is 5.92 Å². The number of hydrogen-bond acceptors (Lipinski definition) is 3. The molecular formula is C15H22N2O2. The molecule has 1 saturated carbocycles. The van der Waals surface area contributed by atoms with Crippen molar-refractivity contribution < 1.29 is 9.53 Å². The Morgan fingerprint density at radius 3 is 2.42 bits per heavy atom. The van der Waals surface area contributed by atoms with Crippen molar-refractivity contribution in [1.82, 2.24) is 5.32 Å². The van der Waals surface area contributed by atoms with Gasteiger partial charge in [0.25, 0.3) is 0 Å². The number of benzene rings is 1. The highest BCUT2D eigenvalue weighted by Gasteiger charge is 2.40. The van der Waals surface area contributed by atoms with E-state index in [1.165, 1.54) is 5.56 Å². The van der Waals surface area contributed by atoms with Gasteiger partial charge in [0.15, 0.2) is 0 Å². The number of carbonyl (C=O) groups is 1. The molecule has 2 rings (SSSR count). The number of anilines is 1. The maximum atomic E-state index is 11.6. The molecule has 1 aliphatic carbocycles. The Hall–Kier alpha value is -1.71. The highest BCUT2D eigenvalue weighted by atomic mass is 16.6. The molecule has 1 aromatic rings. The summed E-state index contributed by atoms with van der Waals surface area (Å²) in [6.07, 6.45) is 0.657. The van der Waals surface area contributed by atoms with Crippen LogP contribution in [0.4, 0.5) is 10.5 Å². The van der Waals surface area contributed by atoms with Crippen LogP contribution in [0.3, 0.4) is 0 Å². The Bertz CT molecular complexity index is 448. The molecule has 2 atom stereocenters. The summed E-state index contributed by atoms with van der Waals surface area (Å²) in [5.74, 6) is 0.415. The maximum Gasteiger partial charge on any atom is 0.407 e. The van der Waals surface area contributed by atoms with Crippen LogP contribution in [-0.2, 0) is 4.74 Å². The van der Waals surface area contributed by atoms with E-state index in [4.69, 9.17) is 4.74 Å². The van der Waals surface area contributed by atoms with E-state index in [2.05, 4.69) is 34.9 Å². The second-order valence-corrected chi connectivity index (χ2v) is 5.97. The number of hydrogen-bond donors (Lipinski definition) is 2. The van der Waals surface area contributed by atoms with Gasteiger partial charge in [-0.25, -0.2) is 4.79 Å². The van der Waals surface area contributed by atoms with E-state index in [1.54, 1.807) is 0 Å². The van der Waals surface area contributed by atoms with Gasteiger partial charge in [0.1, 0.15) is 5.60 Å². The van der Waals surface area contributed by atoms with Crippen LogP contribution >= 0.6 is 0 Å². The van der Waals surface area contributed by atoms with Crippen molar-refractivity contribution in [1.29, 1.82) is 0 Å². The van der Waals surface area contributed by atoms with E-state index >= 15 is 0 Å². The summed E-state index contributed by atoms with van der Waals surface area (Å²) in [4.78, 5) is 11.6. The number of nitrogens with one attached hydrogen (secondary N) is 2. The van der Waals surface area contributed by atoms with Crippen molar-refractivity contribution in [3.8, 4) is 0 Å². The predicted molar refractivity (Wildman–Crippen MR) is 76.5 cm³/mol.